The van der Waals surface area contributed by atoms with Crippen molar-refractivity contribution in [3.8, 4) is 0 Å². The van der Waals surface area contributed by atoms with E-state index >= 15 is 0 Å². The Balaban J connectivity index is 1.68. The number of nitrogens with one attached hydrogen (secondary N) is 1. The first kappa shape index (κ1) is 20.9. The Hall–Kier alpha value is -1.87. The van der Waals surface area contributed by atoms with Gasteiger partial charge in [0, 0.05) is 17.8 Å². The van der Waals surface area contributed by atoms with Gasteiger partial charge in [0.25, 0.3) is 0 Å². The molecule has 0 saturated heterocycles. The Bertz CT molecular complexity index is 860. The van der Waals surface area contributed by atoms with E-state index in [9.17, 15) is 9.59 Å². The molecule has 1 amide bonds. The molecule has 0 aliphatic carbocycles. The molecule has 2 aromatic rings. The quantitative estimate of drug-likeness (QED) is 0.539. The molecule has 1 N–H and O–H groups in total. The molecule has 2 aromatic heterocycles. The maximum absolute atomic E-state index is 12.6. The molecule has 0 atom stereocenters. The van der Waals surface area contributed by atoms with E-state index in [1.807, 2.05) is 13.8 Å². The topological polar surface area (TPSA) is 86.1 Å². The van der Waals surface area contributed by atoms with Crippen molar-refractivity contribution < 1.29 is 14.3 Å². The summed E-state index contributed by atoms with van der Waals surface area (Å²) in [5.74, 6) is 0.678. The highest BCUT2D eigenvalue weighted by atomic mass is 32.2. The number of carbonyl (C=O) groups excluding carboxylic acids is 2. The van der Waals surface area contributed by atoms with Crippen LogP contribution in [0.15, 0.2) is 5.16 Å². The summed E-state index contributed by atoms with van der Waals surface area (Å²) < 4.78 is 7.30. The van der Waals surface area contributed by atoms with E-state index in [4.69, 9.17) is 4.74 Å². The molecule has 7 nitrogen and oxygen atoms in total. The largest absolute Gasteiger partial charge is 0.462 e. The number of anilines is 1. The molecule has 152 valence electrons. The van der Waals surface area contributed by atoms with Crippen LogP contribution in [0.5, 0.6) is 0 Å². The van der Waals surface area contributed by atoms with Crippen molar-refractivity contribution in [3.05, 3.63) is 21.8 Å². The summed E-state index contributed by atoms with van der Waals surface area (Å²) in [6.45, 7) is 6.92. The van der Waals surface area contributed by atoms with Crippen molar-refractivity contribution in [2.24, 2.45) is 0 Å². The summed E-state index contributed by atoms with van der Waals surface area (Å²) in [4.78, 5) is 26.0. The first-order valence-electron chi connectivity index (χ1n) is 9.69. The summed E-state index contributed by atoms with van der Waals surface area (Å²) in [5, 5.41) is 12.8. The number of hydrogen-bond acceptors (Lipinski definition) is 7. The molecule has 3 heterocycles. The fourth-order valence-electron chi connectivity index (χ4n) is 3.29. The zero-order chi connectivity index (χ0) is 20.1. The fourth-order valence-corrected chi connectivity index (χ4v) is 5.23. The number of amides is 1. The van der Waals surface area contributed by atoms with Gasteiger partial charge in [0.2, 0.25) is 5.91 Å². The molecule has 0 aromatic carbocycles. The Labute approximate surface area is 173 Å². The third-order valence-electron chi connectivity index (χ3n) is 4.71. The van der Waals surface area contributed by atoms with Crippen molar-refractivity contribution in [2.45, 2.75) is 64.6 Å². The van der Waals surface area contributed by atoms with Crippen LogP contribution in [0.4, 0.5) is 5.00 Å². The first-order chi connectivity index (χ1) is 13.5. The summed E-state index contributed by atoms with van der Waals surface area (Å²) in [5.41, 5.74) is 1.36. The molecular formula is C19H26N4O3S2. The minimum atomic E-state index is -0.387. The van der Waals surface area contributed by atoms with E-state index in [0.717, 1.165) is 53.6 Å². The summed E-state index contributed by atoms with van der Waals surface area (Å²) in [6.07, 6.45) is 5.19. The average Bonchev–Trinajstić information content (AvgIpc) is 3.10. The Morgan fingerprint density at radius 1 is 1.25 bits per heavy atom. The number of ether oxygens (including phenoxy) is 1. The summed E-state index contributed by atoms with van der Waals surface area (Å²) in [6, 6.07) is 0. The molecule has 0 spiro atoms. The third-order valence-corrected chi connectivity index (χ3v) is 7.03. The Morgan fingerprint density at radius 3 is 2.82 bits per heavy atom. The lowest BCUT2D eigenvalue weighted by atomic mass is 10.1. The van der Waals surface area contributed by atoms with Crippen molar-refractivity contribution >= 4 is 40.0 Å². The second kappa shape index (κ2) is 9.56. The predicted octanol–water partition coefficient (Wildman–Crippen LogP) is 3.84. The fraction of sp³-hybridized carbons (Fsp3) is 0.579. The SMILES string of the molecule is CCOC(=O)c1c(NC(=O)CSc2nnc3n2CCCCC3)sc(CC)c1C. The van der Waals surface area contributed by atoms with Gasteiger partial charge in [-0.2, -0.15) is 0 Å². The standard InChI is InChI=1S/C19H26N4O3S2/c1-4-13-12(3)16(18(25)26-5-2)17(28-13)20-15(24)11-27-19-22-21-14-9-7-6-8-10-23(14)19/h4-11H2,1-3H3,(H,20,24). The number of fused-ring (bicyclic) bond motifs is 1. The maximum atomic E-state index is 12.6. The molecule has 0 saturated carbocycles. The molecule has 28 heavy (non-hydrogen) atoms. The van der Waals surface area contributed by atoms with Crippen LogP contribution in [-0.2, 0) is 28.9 Å². The maximum Gasteiger partial charge on any atom is 0.341 e. The molecule has 1 aliphatic heterocycles. The summed E-state index contributed by atoms with van der Waals surface area (Å²) in [7, 11) is 0. The van der Waals surface area contributed by atoms with Gasteiger partial charge < -0.3 is 14.6 Å². The van der Waals surface area contributed by atoms with Crippen LogP contribution in [0.2, 0.25) is 0 Å². The molecule has 0 radical (unpaired) electrons. The lowest BCUT2D eigenvalue weighted by Crippen LogP contribution is -2.17. The number of nitrogens with zero attached hydrogens (tertiary/aromatic N) is 3. The number of aryl methyl sites for hydroxylation is 2. The monoisotopic (exact) mass is 422 g/mol. The normalized spacial score (nSPS) is 13.7. The van der Waals surface area contributed by atoms with Gasteiger partial charge in [0.05, 0.1) is 17.9 Å². The first-order valence-corrected chi connectivity index (χ1v) is 11.5. The Kier molecular flexibility index (Phi) is 7.12. The highest BCUT2D eigenvalue weighted by molar-refractivity contribution is 7.99. The van der Waals surface area contributed by atoms with Gasteiger partial charge in [-0.05, 0) is 38.7 Å². The van der Waals surface area contributed by atoms with Crippen LogP contribution < -0.4 is 5.32 Å². The van der Waals surface area contributed by atoms with E-state index in [0.29, 0.717) is 17.2 Å². The van der Waals surface area contributed by atoms with Gasteiger partial charge >= 0.3 is 5.97 Å². The van der Waals surface area contributed by atoms with Gasteiger partial charge in [-0.25, -0.2) is 4.79 Å². The van der Waals surface area contributed by atoms with Crippen LogP contribution in [0.3, 0.4) is 0 Å². The highest BCUT2D eigenvalue weighted by Gasteiger charge is 2.23. The van der Waals surface area contributed by atoms with Crippen LogP contribution in [-0.4, -0.2) is 39.0 Å². The number of carbonyl (C=O) groups is 2. The van der Waals surface area contributed by atoms with E-state index in [1.165, 1.54) is 29.5 Å². The summed E-state index contributed by atoms with van der Waals surface area (Å²) >= 11 is 2.83. The smallest absolute Gasteiger partial charge is 0.341 e. The number of esters is 1. The second-order valence-corrected chi connectivity index (χ2v) is 8.67. The average molecular weight is 423 g/mol. The van der Waals surface area contributed by atoms with Crippen LogP contribution in [0.25, 0.3) is 0 Å². The van der Waals surface area contributed by atoms with Gasteiger partial charge in [0.1, 0.15) is 10.8 Å². The second-order valence-electron chi connectivity index (χ2n) is 6.63. The minimum absolute atomic E-state index is 0.162. The van der Waals surface area contributed by atoms with Crippen molar-refractivity contribution in [1.82, 2.24) is 14.8 Å². The lowest BCUT2D eigenvalue weighted by molar-refractivity contribution is -0.113. The zero-order valence-corrected chi connectivity index (χ0v) is 18.2. The van der Waals surface area contributed by atoms with Crippen molar-refractivity contribution in [3.63, 3.8) is 0 Å². The molecule has 0 bridgehead atoms. The molecule has 0 unspecified atom stereocenters. The van der Waals surface area contributed by atoms with E-state index < -0.39 is 0 Å². The van der Waals surface area contributed by atoms with E-state index in [2.05, 4.69) is 20.1 Å². The van der Waals surface area contributed by atoms with E-state index in [-0.39, 0.29) is 17.6 Å². The number of thioether (sulfide) groups is 1. The molecular weight excluding hydrogens is 396 g/mol. The Morgan fingerprint density at radius 2 is 2.07 bits per heavy atom. The van der Waals surface area contributed by atoms with Crippen LogP contribution >= 0.6 is 23.1 Å². The van der Waals surface area contributed by atoms with Crippen molar-refractivity contribution in [2.75, 3.05) is 17.7 Å². The predicted molar refractivity (Wildman–Crippen MR) is 111 cm³/mol. The molecule has 1 aliphatic rings. The third kappa shape index (κ3) is 4.57. The van der Waals surface area contributed by atoms with Crippen LogP contribution in [0.1, 0.15) is 59.7 Å². The van der Waals surface area contributed by atoms with Gasteiger partial charge in [-0.3, -0.25) is 4.79 Å². The zero-order valence-electron chi connectivity index (χ0n) is 16.5. The van der Waals surface area contributed by atoms with Gasteiger partial charge in [-0.1, -0.05) is 25.1 Å². The van der Waals surface area contributed by atoms with Gasteiger partial charge in [-0.15, -0.1) is 21.5 Å². The molecule has 0 fully saturated rings. The number of hydrogen-bond donors (Lipinski definition) is 1. The minimum Gasteiger partial charge on any atom is -0.462 e. The number of rotatable bonds is 7. The molecule has 3 rings (SSSR count). The molecule has 9 heteroatoms. The number of thiophene rings is 1. The van der Waals surface area contributed by atoms with E-state index in [1.54, 1.807) is 6.92 Å². The highest BCUT2D eigenvalue weighted by Crippen LogP contribution is 2.34. The van der Waals surface area contributed by atoms with Crippen LogP contribution in [0, 0.1) is 6.92 Å². The van der Waals surface area contributed by atoms with Gasteiger partial charge in [0.15, 0.2) is 5.16 Å². The lowest BCUT2D eigenvalue weighted by Gasteiger charge is -2.08. The number of aromatic nitrogens is 3. The van der Waals surface area contributed by atoms with Crippen molar-refractivity contribution in [1.29, 1.82) is 0 Å².